The highest BCUT2D eigenvalue weighted by molar-refractivity contribution is 7.92. The predicted molar refractivity (Wildman–Crippen MR) is 80.7 cm³/mol. The first-order valence-corrected chi connectivity index (χ1v) is 7.74. The van der Waals surface area contributed by atoms with E-state index in [1.807, 2.05) is 0 Å². The van der Waals surface area contributed by atoms with Crippen LogP contribution in [0.5, 0.6) is 0 Å². The van der Waals surface area contributed by atoms with E-state index in [9.17, 15) is 8.42 Å². The summed E-state index contributed by atoms with van der Waals surface area (Å²) >= 11 is 11.8. The Bertz CT molecular complexity index is 740. The van der Waals surface area contributed by atoms with Crippen molar-refractivity contribution in [2.45, 2.75) is 11.8 Å². The Hall–Kier alpha value is -1.50. The van der Waals surface area contributed by atoms with Gasteiger partial charge in [0.1, 0.15) is 0 Å². The van der Waals surface area contributed by atoms with Gasteiger partial charge in [0.05, 0.1) is 10.6 Å². The molecule has 0 aliphatic rings. The van der Waals surface area contributed by atoms with Crippen LogP contribution in [-0.4, -0.2) is 13.4 Å². The van der Waals surface area contributed by atoms with Crippen molar-refractivity contribution in [2.75, 3.05) is 10.5 Å². The minimum Gasteiger partial charge on any atom is -0.398 e. The van der Waals surface area contributed by atoms with Gasteiger partial charge >= 0.3 is 0 Å². The van der Waals surface area contributed by atoms with Gasteiger partial charge in [0.25, 0.3) is 10.0 Å². The number of halogens is 2. The number of hydrogen-bond donors (Lipinski definition) is 2. The van der Waals surface area contributed by atoms with Gasteiger partial charge in [-0.25, -0.2) is 13.4 Å². The van der Waals surface area contributed by atoms with Crippen LogP contribution in [0.2, 0.25) is 10.2 Å². The van der Waals surface area contributed by atoms with Gasteiger partial charge in [0.2, 0.25) is 0 Å². The second kappa shape index (κ2) is 5.47. The van der Waals surface area contributed by atoms with Crippen molar-refractivity contribution < 1.29 is 8.42 Å². The normalized spacial score (nSPS) is 11.3. The van der Waals surface area contributed by atoms with Crippen LogP contribution in [0.15, 0.2) is 35.4 Å². The molecule has 0 aliphatic carbocycles. The minimum atomic E-state index is -3.84. The van der Waals surface area contributed by atoms with Crippen molar-refractivity contribution in [1.82, 2.24) is 4.98 Å². The molecular formula is C12H11Cl2N3O2S. The number of anilines is 2. The molecule has 0 spiro atoms. The number of sulfonamides is 1. The van der Waals surface area contributed by atoms with Crippen LogP contribution in [0.25, 0.3) is 0 Å². The number of nitrogens with one attached hydrogen (secondary N) is 1. The van der Waals surface area contributed by atoms with Gasteiger partial charge in [0.15, 0.2) is 5.15 Å². The Morgan fingerprint density at radius 3 is 2.60 bits per heavy atom. The fourth-order valence-electron chi connectivity index (χ4n) is 1.50. The standard InChI is InChI=1S/C12H11Cl2N3O2S/c1-7-9(13)5-8(6-10(7)15)20(18,19)17-11-3-2-4-16-12(11)14/h2-6,17H,15H2,1H3. The fraction of sp³-hybridized carbons (Fsp3) is 0.0833. The summed E-state index contributed by atoms with van der Waals surface area (Å²) in [5, 5.41) is 0.338. The summed E-state index contributed by atoms with van der Waals surface area (Å²) in [6, 6.07) is 5.75. The van der Waals surface area contributed by atoms with E-state index in [2.05, 4.69) is 9.71 Å². The van der Waals surface area contributed by atoms with Crippen LogP contribution in [0.4, 0.5) is 11.4 Å². The topological polar surface area (TPSA) is 85.1 Å². The molecule has 0 bridgehead atoms. The maximum atomic E-state index is 12.3. The monoisotopic (exact) mass is 331 g/mol. The van der Waals surface area contributed by atoms with Gasteiger partial charge in [-0.2, -0.15) is 0 Å². The van der Waals surface area contributed by atoms with Crippen LogP contribution in [0, 0.1) is 6.92 Å². The molecule has 3 N–H and O–H groups in total. The maximum absolute atomic E-state index is 12.3. The quantitative estimate of drug-likeness (QED) is 0.668. The van der Waals surface area contributed by atoms with Crippen molar-refractivity contribution in [3.05, 3.63) is 46.2 Å². The SMILES string of the molecule is Cc1c(N)cc(S(=O)(=O)Nc2cccnc2Cl)cc1Cl. The summed E-state index contributed by atoms with van der Waals surface area (Å²) < 4.78 is 26.9. The summed E-state index contributed by atoms with van der Waals surface area (Å²) in [7, 11) is -3.84. The molecule has 20 heavy (non-hydrogen) atoms. The van der Waals surface area contributed by atoms with E-state index in [4.69, 9.17) is 28.9 Å². The van der Waals surface area contributed by atoms with E-state index in [1.54, 1.807) is 13.0 Å². The largest absolute Gasteiger partial charge is 0.398 e. The Morgan fingerprint density at radius 2 is 2.00 bits per heavy atom. The van der Waals surface area contributed by atoms with Gasteiger partial charge in [-0.05, 0) is 36.8 Å². The summed E-state index contributed by atoms with van der Waals surface area (Å²) in [4.78, 5) is 3.76. The molecule has 8 heteroatoms. The van der Waals surface area contributed by atoms with E-state index in [0.29, 0.717) is 11.3 Å². The highest BCUT2D eigenvalue weighted by atomic mass is 35.5. The second-order valence-corrected chi connectivity index (χ2v) is 6.51. The molecule has 1 aromatic carbocycles. The third kappa shape index (κ3) is 2.98. The van der Waals surface area contributed by atoms with Gasteiger partial charge in [-0.3, -0.25) is 4.72 Å². The number of hydrogen-bond acceptors (Lipinski definition) is 4. The first kappa shape index (κ1) is 14.9. The summed E-state index contributed by atoms with van der Waals surface area (Å²) in [6.45, 7) is 1.71. The number of nitrogens with zero attached hydrogens (tertiary/aromatic N) is 1. The third-order valence-corrected chi connectivity index (χ3v) is 4.71. The smallest absolute Gasteiger partial charge is 0.262 e. The highest BCUT2D eigenvalue weighted by Gasteiger charge is 2.18. The number of rotatable bonds is 3. The Balaban J connectivity index is 2.44. The first-order chi connectivity index (χ1) is 9.31. The second-order valence-electron chi connectivity index (χ2n) is 4.07. The lowest BCUT2D eigenvalue weighted by molar-refractivity contribution is 0.601. The molecule has 5 nitrogen and oxygen atoms in total. The fourth-order valence-corrected chi connectivity index (χ4v) is 3.14. The highest BCUT2D eigenvalue weighted by Crippen LogP contribution is 2.28. The number of nitrogens with two attached hydrogens (primary N) is 1. The lowest BCUT2D eigenvalue weighted by Gasteiger charge is -2.11. The molecule has 0 fully saturated rings. The molecule has 0 radical (unpaired) electrons. The number of aromatic nitrogens is 1. The van der Waals surface area contributed by atoms with Crippen molar-refractivity contribution >= 4 is 44.6 Å². The first-order valence-electron chi connectivity index (χ1n) is 5.50. The zero-order valence-corrected chi connectivity index (χ0v) is 12.7. The lowest BCUT2D eigenvalue weighted by atomic mass is 10.2. The Labute approximate surface area is 126 Å². The molecular weight excluding hydrogens is 321 g/mol. The molecule has 2 rings (SSSR count). The van der Waals surface area contributed by atoms with Crippen molar-refractivity contribution in [3.63, 3.8) is 0 Å². The zero-order valence-electron chi connectivity index (χ0n) is 10.4. The zero-order chi connectivity index (χ0) is 14.9. The average molecular weight is 332 g/mol. The Kier molecular flexibility index (Phi) is 4.08. The van der Waals surface area contributed by atoms with Gasteiger partial charge in [0, 0.05) is 16.9 Å². The molecule has 1 aromatic heterocycles. The van der Waals surface area contributed by atoms with E-state index in [1.165, 1.54) is 24.4 Å². The number of nitrogen functional groups attached to an aromatic ring is 1. The molecule has 0 aliphatic heterocycles. The van der Waals surface area contributed by atoms with Gasteiger partial charge in [-0.15, -0.1) is 0 Å². The molecule has 0 amide bonds. The molecule has 2 aromatic rings. The average Bonchev–Trinajstić information content (AvgIpc) is 2.38. The summed E-state index contributed by atoms with van der Waals surface area (Å²) in [5.41, 5.74) is 6.84. The molecule has 0 atom stereocenters. The third-order valence-electron chi connectivity index (χ3n) is 2.67. The molecule has 106 valence electrons. The summed E-state index contributed by atoms with van der Waals surface area (Å²) in [5.74, 6) is 0. The Morgan fingerprint density at radius 1 is 1.30 bits per heavy atom. The molecule has 0 saturated carbocycles. The van der Waals surface area contributed by atoms with E-state index < -0.39 is 10.0 Å². The van der Waals surface area contributed by atoms with Gasteiger partial charge < -0.3 is 5.73 Å². The molecule has 1 heterocycles. The molecule has 0 unspecified atom stereocenters. The van der Waals surface area contributed by atoms with Crippen molar-refractivity contribution in [2.24, 2.45) is 0 Å². The summed E-state index contributed by atoms with van der Waals surface area (Å²) in [6.07, 6.45) is 1.46. The van der Waals surface area contributed by atoms with Gasteiger partial charge in [-0.1, -0.05) is 23.2 Å². The van der Waals surface area contributed by atoms with Crippen LogP contribution in [-0.2, 0) is 10.0 Å². The lowest BCUT2D eigenvalue weighted by Crippen LogP contribution is -2.14. The van der Waals surface area contributed by atoms with Crippen LogP contribution in [0.3, 0.4) is 0 Å². The van der Waals surface area contributed by atoms with E-state index >= 15 is 0 Å². The van der Waals surface area contributed by atoms with E-state index in [0.717, 1.165) is 0 Å². The number of benzene rings is 1. The molecule has 0 saturated heterocycles. The van der Waals surface area contributed by atoms with Crippen LogP contribution >= 0.6 is 23.2 Å². The minimum absolute atomic E-state index is 0.0366. The van der Waals surface area contributed by atoms with Crippen LogP contribution in [0.1, 0.15) is 5.56 Å². The van der Waals surface area contributed by atoms with Crippen molar-refractivity contribution in [1.29, 1.82) is 0 Å². The maximum Gasteiger partial charge on any atom is 0.262 e. The van der Waals surface area contributed by atoms with Crippen LogP contribution < -0.4 is 10.5 Å². The van der Waals surface area contributed by atoms with Crippen molar-refractivity contribution in [3.8, 4) is 0 Å². The van der Waals surface area contributed by atoms with E-state index in [-0.39, 0.29) is 20.8 Å². The number of pyridine rings is 1. The predicted octanol–water partition coefficient (Wildman–Crippen LogP) is 3.08.